The van der Waals surface area contributed by atoms with Crippen LogP contribution >= 0.6 is 11.6 Å². The van der Waals surface area contributed by atoms with E-state index >= 15 is 0 Å². The van der Waals surface area contributed by atoms with Gasteiger partial charge in [0.2, 0.25) is 0 Å². The molecule has 4 heteroatoms. The van der Waals surface area contributed by atoms with Crippen molar-refractivity contribution in [1.29, 1.82) is 0 Å². The van der Waals surface area contributed by atoms with Gasteiger partial charge in [0.1, 0.15) is 11.4 Å². The Labute approximate surface area is 87.1 Å². The number of aromatic nitrogens is 3. The minimum atomic E-state index is 0.606. The lowest BCUT2D eigenvalue weighted by Crippen LogP contribution is -1.83. The zero-order chi connectivity index (χ0) is 9.97. The van der Waals surface area contributed by atoms with Crippen LogP contribution in [0.15, 0.2) is 24.4 Å². The molecule has 0 spiro atoms. The molecule has 2 heterocycles. The highest BCUT2D eigenvalue weighted by atomic mass is 35.5. The molecule has 0 aromatic carbocycles. The van der Waals surface area contributed by atoms with E-state index in [0.29, 0.717) is 17.1 Å². The summed E-state index contributed by atoms with van der Waals surface area (Å²) in [7, 11) is 0. The largest absolute Gasteiger partial charge is 0.282 e. The number of halogens is 1. The maximum absolute atomic E-state index is 5.98. The van der Waals surface area contributed by atoms with Crippen LogP contribution in [0.25, 0.3) is 11.4 Å². The van der Waals surface area contributed by atoms with E-state index in [9.17, 15) is 0 Å². The van der Waals surface area contributed by atoms with Crippen LogP contribution < -0.4 is 0 Å². The number of hydrogen-bond acceptors (Lipinski definition) is 2. The summed E-state index contributed by atoms with van der Waals surface area (Å²) in [4.78, 5) is 4.16. The van der Waals surface area contributed by atoms with Gasteiger partial charge in [0, 0.05) is 11.9 Å². The van der Waals surface area contributed by atoms with Crippen molar-refractivity contribution in [2.45, 2.75) is 6.42 Å². The van der Waals surface area contributed by atoms with Gasteiger partial charge in [0.15, 0.2) is 0 Å². The molecule has 0 unspecified atom stereocenters. The van der Waals surface area contributed by atoms with Gasteiger partial charge in [-0.2, -0.15) is 5.10 Å². The molecule has 1 N–H and O–H groups in total. The normalized spacial score (nSPS) is 10.4. The summed E-state index contributed by atoms with van der Waals surface area (Å²) in [5, 5.41) is 7.58. The second kappa shape index (κ2) is 3.80. The van der Waals surface area contributed by atoms with Crippen LogP contribution in [0.2, 0.25) is 5.02 Å². The van der Waals surface area contributed by atoms with Gasteiger partial charge in [0.05, 0.1) is 5.02 Å². The Morgan fingerprint density at radius 3 is 3.00 bits per heavy atom. The predicted molar refractivity (Wildman–Crippen MR) is 55.9 cm³/mol. The smallest absolute Gasteiger partial charge is 0.112 e. The molecular weight excluding hydrogens is 198 g/mol. The van der Waals surface area contributed by atoms with E-state index in [4.69, 9.17) is 11.6 Å². The van der Waals surface area contributed by atoms with Crippen LogP contribution in [0.5, 0.6) is 0 Å². The number of nitrogens with zero attached hydrogens (tertiary/aromatic N) is 2. The summed E-state index contributed by atoms with van der Waals surface area (Å²) in [6.07, 6.45) is 2.37. The van der Waals surface area contributed by atoms with Gasteiger partial charge in [0.25, 0.3) is 0 Å². The summed E-state index contributed by atoms with van der Waals surface area (Å²) < 4.78 is 0. The third-order valence-electron chi connectivity index (χ3n) is 1.90. The third kappa shape index (κ3) is 1.63. The van der Waals surface area contributed by atoms with Crippen molar-refractivity contribution in [3.8, 4) is 11.4 Å². The first-order valence-corrected chi connectivity index (χ1v) is 4.63. The molecular formula is C10H9ClN3. The van der Waals surface area contributed by atoms with E-state index in [1.165, 1.54) is 0 Å². The molecule has 71 valence electrons. The summed E-state index contributed by atoms with van der Waals surface area (Å²) in [6, 6.07) is 5.49. The maximum atomic E-state index is 5.98. The van der Waals surface area contributed by atoms with E-state index in [-0.39, 0.29) is 0 Å². The van der Waals surface area contributed by atoms with Gasteiger partial charge in [-0.15, -0.1) is 0 Å². The molecule has 0 aliphatic rings. The zero-order valence-electron chi connectivity index (χ0n) is 7.50. The fourth-order valence-corrected chi connectivity index (χ4v) is 1.40. The van der Waals surface area contributed by atoms with Crippen LogP contribution in [0.1, 0.15) is 5.69 Å². The highest BCUT2D eigenvalue weighted by Gasteiger charge is 2.07. The van der Waals surface area contributed by atoms with E-state index in [1.54, 1.807) is 18.3 Å². The molecule has 0 atom stereocenters. The lowest BCUT2D eigenvalue weighted by molar-refractivity contribution is 1.01. The van der Waals surface area contributed by atoms with Crippen molar-refractivity contribution >= 4 is 11.6 Å². The Bertz CT molecular complexity index is 436. The van der Waals surface area contributed by atoms with E-state index in [2.05, 4.69) is 22.1 Å². The van der Waals surface area contributed by atoms with Gasteiger partial charge >= 0.3 is 0 Å². The Morgan fingerprint density at radius 1 is 1.50 bits per heavy atom. The van der Waals surface area contributed by atoms with Crippen molar-refractivity contribution in [3.05, 3.63) is 42.0 Å². The van der Waals surface area contributed by atoms with Gasteiger partial charge in [-0.05, 0) is 31.5 Å². The molecule has 0 aliphatic heterocycles. The Hall–Kier alpha value is -1.35. The molecule has 14 heavy (non-hydrogen) atoms. The molecule has 0 aliphatic carbocycles. The number of pyridine rings is 1. The SMILES string of the molecule is [CH2]Cc1cc(-c2ncccc2Cl)n[nH]1. The fourth-order valence-electron chi connectivity index (χ4n) is 1.19. The summed E-state index contributed by atoms with van der Waals surface area (Å²) in [5.74, 6) is 0. The van der Waals surface area contributed by atoms with Crippen LogP contribution in [0.4, 0.5) is 0 Å². The second-order valence-electron chi connectivity index (χ2n) is 2.86. The molecule has 2 aromatic rings. The number of H-pyrrole nitrogens is 1. The monoisotopic (exact) mass is 206 g/mol. The lowest BCUT2D eigenvalue weighted by Gasteiger charge is -1.96. The maximum Gasteiger partial charge on any atom is 0.112 e. The van der Waals surface area contributed by atoms with Crippen molar-refractivity contribution in [1.82, 2.24) is 15.2 Å². The first-order valence-electron chi connectivity index (χ1n) is 4.25. The minimum absolute atomic E-state index is 0.606. The Morgan fingerprint density at radius 2 is 2.36 bits per heavy atom. The van der Waals surface area contributed by atoms with Crippen LogP contribution in [-0.4, -0.2) is 15.2 Å². The quantitative estimate of drug-likeness (QED) is 0.821. The third-order valence-corrected chi connectivity index (χ3v) is 2.21. The summed E-state index contributed by atoms with van der Waals surface area (Å²) >= 11 is 5.98. The second-order valence-corrected chi connectivity index (χ2v) is 3.27. The zero-order valence-corrected chi connectivity index (χ0v) is 8.25. The van der Waals surface area contributed by atoms with Crippen LogP contribution in [0, 0.1) is 6.92 Å². The number of aromatic amines is 1. The van der Waals surface area contributed by atoms with Crippen molar-refractivity contribution < 1.29 is 0 Å². The highest BCUT2D eigenvalue weighted by molar-refractivity contribution is 6.32. The standard InChI is InChI=1S/C10H9ClN3/c1-2-7-6-9(14-13-7)10-8(11)4-3-5-12-10/h3-6H,1-2H2,(H,13,14). The summed E-state index contributed by atoms with van der Waals surface area (Å²) in [5.41, 5.74) is 2.43. The fraction of sp³-hybridized carbons (Fsp3) is 0.100. The van der Waals surface area contributed by atoms with E-state index < -0.39 is 0 Å². The van der Waals surface area contributed by atoms with E-state index in [0.717, 1.165) is 11.4 Å². The minimum Gasteiger partial charge on any atom is -0.282 e. The molecule has 0 amide bonds. The lowest BCUT2D eigenvalue weighted by atomic mass is 10.2. The van der Waals surface area contributed by atoms with Gasteiger partial charge in [-0.3, -0.25) is 10.1 Å². The Kier molecular flexibility index (Phi) is 2.50. The Balaban J connectivity index is 2.44. The number of rotatable bonds is 2. The van der Waals surface area contributed by atoms with Gasteiger partial charge in [-0.1, -0.05) is 11.6 Å². The molecule has 2 rings (SSSR count). The molecule has 1 radical (unpaired) electrons. The first kappa shape index (κ1) is 9.21. The number of hydrogen-bond donors (Lipinski definition) is 1. The molecule has 0 fully saturated rings. The van der Waals surface area contributed by atoms with Gasteiger partial charge < -0.3 is 0 Å². The summed E-state index contributed by atoms with van der Waals surface area (Å²) in [6.45, 7) is 3.76. The highest BCUT2D eigenvalue weighted by Crippen LogP contribution is 2.23. The average molecular weight is 207 g/mol. The number of nitrogens with one attached hydrogen (secondary N) is 1. The topological polar surface area (TPSA) is 41.6 Å². The molecule has 3 nitrogen and oxygen atoms in total. The van der Waals surface area contributed by atoms with E-state index in [1.807, 2.05) is 6.07 Å². The predicted octanol–water partition coefficient (Wildman–Crippen LogP) is 2.50. The van der Waals surface area contributed by atoms with Crippen molar-refractivity contribution in [2.75, 3.05) is 0 Å². The van der Waals surface area contributed by atoms with Gasteiger partial charge in [-0.25, -0.2) is 0 Å². The molecule has 2 aromatic heterocycles. The van der Waals surface area contributed by atoms with Crippen LogP contribution in [-0.2, 0) is 6.42 Å². The van der Waals surface area contributed by atoms with Crippen molar-refractivity contribution in [3.63, 3.8) is 0 Å². The molecule has 0 bridgehead atoms. The molecule has 0 saturated carbocycles. The first-order chi connectivity index (χ1) is 6.81. The molecule has 0 saturated heterocycles. The average Bonchev–Trinajstić information content (AvgIpc) is 2.67. The van der Waals surface area contributed by atoms with Crippen LogP contribution in [0.3, 0.4) is 0 Å². The van der Waals surface area contributed by atoms with Crippen molar-refractivity contribution in [2.24, 2.45) is 0 Å².